The topological polar surface area (TPSA) is 43.4 Å². The molecule has 2 atom stereocenters. The molecule has 0 radical (unpaired) electrons. The van der Waals surface area contributed by atoms with E-state index in [4.69, 9.17) is 4.74 Å². The molecule has 1 aliphatic carbocycles. The predicted molar refractivity (Wildman–Crippen MR) is 87.6 cm³/mol. The van der Waals surface area contributed by atoms with Gasteiger partial charge < -0.3 is 4.74 Å². The molecule has 3 nitrogen and oxygen atoms in total. The van der Waals surface area contributed by atoms with Crippen molar-refractivity contribution in [3.05, 3.63) is 35.7 Å². The van der Waals surface area contributed by atoms with Gasteiger partial charge in [0.2, 0.25) is 0 Å². The Morgan fingerprint density at radius 2 is 2.00 bits per heavy atom. The summed E-state index contributed by atoms with van der Waals surface area (Å²) in [6.45, 7) is 0.664. The zero-order valence-corrected chi connectivity index (χ0v) is 13.8. The molecule has 23 heavy (non-hydrogen) atoms. The van der Waals surface area contributed by atoms with E-state index in [0.29, 0.717) is 37.5 Å². The average Bonchev–Trinajstić information content (AvgIpc) is 3.29. The van der Waals surface area contributed by atoms with E-state index in [1.807, 2.05) is 6.08 Å². The van der Waals surface area contributed by atoms with Crippen LogP contribution in [0.4, 0.5) is 4.39 Å². The molecule has 4 rings (SSSR count). The van der Waals surface area contributed by atoms with Crippen molar-refractivity contribution in [2.75, 3.05) is 6.61 Å². The summed E-state index contributed by atoms with van der Waals surface area (Å²) in [4.78, 5) is 0. The number of benzene rings is 1. The molecular weight excluding hydrogens is 315 g/mol. The Kier molecular flexibility index (Phi) is 3.71. The second-order valence-electron chi connectivity index (χ2n) is 6.97. The van der Waals surface area contributed by atoms with Crippen LogP contribution in [0.1, 0.15) is 44.1 Å². The number of hydrogen-bond donors (Lipinski definition) is 0. The fraction of sp³-hybridized carbons (Fsp3) is 0.556. The molecule has 1 saturated heterocycles. The summed E-state index contributed by atoms with van der Waals surface area (Å²) in [6, 6.07) is 4.57. The summed E-state index contributed by atoms with van der Waals surface area (Å²) in [5.74, 6) is 0.994. The normalized spacial score (nSPS) is 29.0. The maximum Gasteiger partial charge on any atom is 0.159 e. The highest BCUT2D eigenvalue weighted by molar-refractivity contribution is 7.93. The van der Waals surface area contributed by atoms with Crippen LogP contribution in [0.25, 0.3) is 5.57 Å². The minimum absolute atomic E-state index is 0.307. The molecule has 2 bridgehead atoms. The van der Waals surface area contributed by atoms with Crippen molar-refractivity contribution >= 4 is 15.4 Å². The first kappa shape index (κ1) is 15.2. The maximum absolute atomic E-state index is 13.8. The Labute approximate surface area is 136 Å². The van der Waals surface area contributed by atoms with Gasteiger partial charge in [0.05, 0.1) is 17.1 Å². The van der Waals surface area contributed by atoms with Gasteiger partial charge in [0.1, 0.15) is 11.6 Å². The Hall–Kier alpha value is -1.36. The van der Waals surface area contributed by atoms with Gasteiger partial charge in [-0.15, -0.1) is 0 Å². The molecule has 5 heteroatoms. The lowest BCUT2D eigenvalue weighted by Crippen LogP contribution is -2.38. The first-order valence-corrected chi connectivity index (χ1v) is 10.0. The van der Waals surface area contributed by atoms with E-state index in [0.717, 1.165) is 17.6 Å². The molecule has 2 heterocycles. The van der Waals surface area contributed by atoms with Gasteiger partial charge in [0.25, 0.3) is 0 Å². The molecule has 1 saturated carbocycles. The monoisotopic (exact) mass is 336 g/mol. The minimum atomic E-state index is -3.06. The van der Waals surface area contributed by atoms with Crippen molar-refractivity contribution in [2.24, 2.45) is 5.92 Å². The Bertz CT molecular complexity index is 750. The largest absolute Gasteiger partial charge is 0.493 e. The Balaban J connectivity index is 1.69. The summed E-state index contributed by atoms with van der Waals surface area (Å²) >= 11 is 0. The number of halogens is 1. The highest BCUT2D eigenvalue weighted by Gasteiger charge is 2.41. The molecule has 0 N–H and O–H groups in total. The van der Waals surface area contributed by atoms with Crippen LogP contribution in [0.5, 0.6) is 5.75 Å². The first-order chi connectivity index (χ1) is 11.0. The second kappa shape index (κ2) is 5.62. The van der Waals surface area contributed by atoms with E-state index in [-0.39, 0.29) is 11.1 Å². The van der Waals surface area contributed by atoms with Crippen LogP contribution in [0.15, 0.2) is 24.3 Å². The lowest BCUT2D eigenvalue weighted by molar-refractivity contribution is 0.298. The molecule has 0 aromatic heterocycles. The quantitative estimate of drug-likeness (QED) is 0.841. The van der Waals surface area contributed by atoms with Crippen LogP contribution in [0, 0.1) is 11.7 Å². The van der Waals surface area contributed by atoms with Gasteiger partial charge in [-0.1, -0.05) is 12.5 Å². The summed E-state index contributed by atoms with van der Waals surface area (Å²) in [5, 5.41) is -0.731. The fourth-order valence-corrected chi connectivity index (χ4v) is 5.88. The zero-order valence-electron chi connectivity index (χ0n) is 13.0. The van der Waals surface area contributed by atoms with Crippen molar-refractivity contribution in [3.8, 4) is 5.75 Å². The third kappa shape index (κ3) is 2.91. The average molecular weight is 336 g/mol. The first-order valence-electron chi connectivity index (χ1n) is 8.40. The van der Waals surface area contributed by atoms with E-state index in [9.17, 15) is 12.8 Å². The van der Waals surface area contributed by atoms with Gasteiger partial charge in [-0.25, -0.2) is 12.8 Å². The van der Waals surface area contributed by atoms with Crippen molar-refractivity contribution in [1.82, 2.24) is 0 Å². The minimum Gasteiger partial charge on any atom is -0.493 e. The van der Waals surface area contributed by atoms with Crippen molar-refractivity contribution in [2.45, 2.75) is 49.0 Å². The van der Waals surface area contributed by atoms with Gasteiger partial charge in [0.15, 0.2) is 9.84 Å². The summed E-state index contributed by atoms with van der Waals surface area (Å²) < 4.78 is 44.4. The van der Waals surface area contributed by atoms with Crippen molar-refractivity contribution in [3.63, 3.8) is 0 Å². The van der Waals surface area contributed by atoms with Gasteiger partial charge in [0, 0.05) is 5.56 Å². The molecule has 2 unspecified atom stereocenters. The summed E-state index contributed by atoms with van der Waals surface area (Å²) in [5.41, 5.74) is 1.66. The highest BCUT2D eigenvalue weighted by Crippen LogP contribution is 2.42. The predicted octanol–water partition coefficient (Wildman–Crippen LogP) is 3.74. The number of ether oxygens (including phenoxy) is 1. The SMILES string of the molecule is O=S1(=O)C2C=C(c3cc(F)ccc3OCC3CC3)CC1CCC2. The van der Waals surface area contributed by atoms with E-state index >= 15 is 0 Å². The smallest absolute Gasteiger partial charge is 0.159 e. The molecule has 2 fully saturated rings. The standard InChI is InChI=1S/C18H21FO3S/c19-14-6-7-18(22-11-12-4-5-12)17(10-14)13-8-15-2-1-3-16(9-13)23(15,20)21/h6-8,10,12,15-16H,1-5,9,11H2. The van der Waals surface area contributed by atoms with Crippen LogP contribution in [0.2, 0.25) is 0 Å². The summed E-state index contributed by atoms with van der Waals surface area (Å²) in [7, 11) is -3.06. The molecule has 1 aromatic carbocycles. The van der Waals surface area contributed by atoms with Gasteiger partial charge in [-0.2, -0.15) is 0 Å². The summed E-state index contributed by atoms with van der Waals surface area (Å²) in [6.07, 6.45) is 7.04. The van der Waals surface area contributed by atoms with Gasteiger partial charge in [-0.05, 0) is 61.8 Å². The third-order valence-electron chi connectivity index (χ3n) is 5.20. The molecule has 2 aliphatic heterocycles. The Morgan fingerprint density at radius 1 is 1.17 bits per heavy atom. The van der Waals surface area contributed by atoms with E-state index in [1.54, 1.807) is 6.07 Å². The molecule has 0 spiro atoms. The van der Waals surface area contributed by atoms with Crippen LogP contribution in [-0.4, -0.2) is 25.5 Å². The lowest BCUT2D eigenvalue weighted by atomic mass is 9.93. The fourth-order valence-electron chi connectivity index (χ4n) is 3.63. The zero-order chi connectivity index (χ0) is 16.0. The highest BCUT2D eigenvalue weighted by atomic mass is 32.2. The molecule has 0 amide bonds. The molecule has 1 aromatic rings. The van der Waals surface area contributed by atoms with E-state index < -0.39 is 15.1 Å². The van der Waals surface area contributed by atoms with Crippen LogP contribution >= 0.6 is 0 Å². The number of hydrogen-bond acceptors (Lipinski definition) is 3. The van der Waals surface area contributed by atoms with Crippen LogP contribution in [-0.2, 0) is 9.84 Å². The van der Waals surface area contributed by atoms with Crippen molar-refractivity contribution in [1.29, 1.82) is 0 Å². The van der Waals surface area contributed by atoms with Crippen LogP contribution < -0.4 is 4.74 Å². The lowest BCUT2D eigenvalue weighted by Gasteiger charge is -2.33. The molecule has 124 valence electrons. The van der Waals surface area contributed by atoms with Gasteiger partial charge in [-0.3, -0.25) is 0 Å². The van der Waals surface area contributed by atoms with Crippen LogP contribution in [0.3, 0.4) is 0 Å². The Morgan fingerprint density at radius 3 is 2.74 bits per heavy atom. The maximum atomic E-state index is 13.8. The third-order valence-corrected chi connectivity index (χ3v) is 7.74. The van der Waals surface area contributed by atoms with E-state index in [2.05, 4.69) is 0 Å². The van der Waals surface area contributed by atoms with E-state index in [1.165, 1.54) is 25.0 Å². The molecular formula is C18H21FO3S. The number of sulfone groups is 1. The van der Waals surface area contributed by atoms with Crippen molar-refractivity contribution < 1.29 is 17.5 Å². The second-order valence-corrected chi connectivity index (χ2v) is 9.42. The molecule has 3 aliphatic rings. The number of fused-ring (bicyclic) bond motifs is 2. The number of allylic oxidation sites excluding steroid dienone is 1. The number of rotatable bonds is 4. The van der Waals surface area contributed by atoms with Gasteiger partial charge >= 0.3 is 0 Å².